The molecule has 0 aromatic carbocycles. The lowest BCUT2D eigenvalue weighted by Gasteiger charge is -2.21. The van der Waals surface area contributed by atoms with Crippen molar-refractivity contribution in [3.05, 3.63) is 12.4 Å². The molecule has 1 aromatic rings. The Balaban J connectivity index is 2.32. The summed E-state index contributed by atoms with van der Waals surface area (Å²) in [6, 6.07) is -0.287. The Morgan fingerprint density at radius 2 is 2.38 bits per heavy atom. The molecule has 6 nitrogen and oxygen atoms in total. The highest BCUT2D eigenvalue weighted by atomic mass is 32.2. The van der Waals surface area contributed by atoms with Gasteiger partial charge in [-0.25, -0.2) is 8.42 Å². The van der Waals surface area contributed by atoms with E-state index in [1.54, 1.807) is 7.05 Å². The van der Waals surface area contributed by atoms with Crippen LogP contribution >= 0.6 is 0 Å². The summed E-state index contributed by atoms with van der Waals surface area (Å²) in [5, 5.41) is 13.0. The summed E-state index contributed by atoms with van der Waals surface area (Å²) >= 11 is 0. The molecule has 2 heterocycles. The van der Waals surface area contributed by atoms with E-state index in [0.29, 0.717) is 6.54 Å². The Morgan fingerprint density at radius 1 is 1.62 bits per heavy atom. The van der Waals surface area contributed by atoms with E-state index < -0.39 is 10.0 Å². The zero-order valence-electron chi connectivity index (χ0n) is 9.07. The molecule has 1 aliphatic heterocycles. The van der Waals surface area contributed by atoms with Gasteiger partial charge in [0.25, 0.3) is 0 Å². The van der Waals surface area contributed by atoms with Crippen LogP contribution in [-0.2, 0) is 17.1 Å². The van der Waals surface area contributed by atoms with Crippen molar-refractivity contribution in [2.45, 2.75) is 23.8 Å². The fourth-order valence-corrected chi connectivity index (χ4v) is 3.65. The lowest BCUT2D eigenvalue weighted by atomic mass is 10.2. The van der Waals surface area contributed by atoms with Gasteiger partial charge in [-0.2, -0.15) is 9.40 Å². The van der Waals surface area contributed by atoms with Gasteiger partial charge in [0.15, 0.2) is 0 Å². The Labute approximate surface area is 94.5 Å². The topological polar surface area (TPSA) is 75.4 Å². The third kappa shape index (κ3) is 1.85. The zero-order chi connectivity index (χ0) is 11.8. The predicted molar refractivity (Wildman–Crippen MR) is 57.2 cm³/mol. The van der Waals surface area contributed by atoms with Gasteiger partial charge in [-0.1, -0.05) is 0 Å². The minimum Gasteiger partial charge on any atom is -0.395 e. The lowest BCUT2D eigenvalue weighted by Crippen LogP contribution is -2.37. The largest absolute Gasteiger partial charge is 0.395 e. The molecular weight excluding hydrogens is 230 g/mol. The second-order valence-electron chi connectivity index (χ2n) is 3.94. The molecule has 1 saturated heterocycles. The van der Waals surface area contributed by atoms with E-state index in [9.17, 15) is 8.42 Å². The van der Waals surface area contributed by atoms with Gasteiger partial charge in [0.1, 0.15) is 4.90 Å². The summed E-state index contributed by atoms with van der Waals surface area (Å²) < 4.78 is 27.2. The van der Waals surface area contributed by atoms with Crippen molar-refractivity contribution in [3.63, 3.8) is 0 Å². The second-order valence-corrected chi connectivity index (χ2v) is 5.83. The molecule has 1 fully saturated rings. The van der Waals surface area contributed by atoms with Gasteiger partial charge in [0.05, 0.1) is 12.8 Å². The third-order valence-corrected chi connectivity index (χ3v) is 4.73. The average Bonchev–Trinajstić information content (AvgIpc) is 2.85. The van der Waals surface area contributed by atoms with E-state index >= 15 is 0 Å². The molecule has 2 rings (SSSR count). The smallest absolute Gasteiger partial charge is 0.246 e. The number of sulfonamides is 1. The summed E-state index contributed by atoms with van der Waals surface area (Å²) in [6.45, 7) is 0.349. The van der Waals surface area contributed by atoms with Crippen LogP contribution in [0.3, 0.4) is 0 Å². The number of aromatic nitrogens is 2. The van der Waals surface area contributed by atoms with Crippen molar-refractivity contribution in [2.75, 3.05) is 13.2 Å². The van der Waals surface area contributed by atoms with Crippen LogP contribution in [0, 0.1) is 0 Å². The van der Waals surface area contributed by atoms with Crippen molar-refractivity contribution >= 4 is 10.0 Å². The first kappa shape index (κ1) is 11.6. The summed E-state index contributed by atoms with van der Waals surface area (Å²) in [4.78, 5) is 0.190. The van der Waals surface area contributed by atoms with Crippen LogP contribution in [0.4, 0.5) is 0 Å². The number of aliphatic hydroxyl groups is 1. The molecule has 7 heteroatoms. The van der Waals surface area contributed by atoms with Crippen LogP contribution in [0.2, 0.25) is 0 Å². The van der Waals surface area contributed by atoms with Gasteiger partial charge >= 0.3 is 0 Å². The van der Waals surface area contributed by atoms with Crippen molar-refractivity contribution < 1.29 is 13.5 Å². The maximum Gasteiger partial charge on any atom is 0.246 e. The molecule has 1 aromatic heterocycles. The normalized spacial score (nSPS) is 22.8. The highest BCUT2D eigenvalue weighted by Crippen LogP contribution is 2.25. The van der Waals surface area contributed by atoms with Crippen LogP contribution in [0.5, 0.6) is 0 Å². The molecule has 0 unspecified atom stereocenters. The SMILES string of the molecule is Cn1cc(S(=O)(=O)N2CCC[C@@H]2CO)cn1. The number of aliphatic hydroxyl groups excluding tert-OH is 1. The molecule has 0 amide bonds. The highest BCUT2D eigenvalue weighted by Gasteiger charge is 2.35. The molecule has 0 saturated carbocycles. The highest BCUT2D eigenvalue weighted by molar-refractivity contribution is 7.89. The Kier molecular flexibility index (Phi) is 3.00. The minimum atomic E-state index is -3.49. The van der Waals surface area contributed by atoms with Gasteiger partial charge in [0, 0.05) is 25.8 Å². The quantitative estimate of drug-likeness (QED) is 0.783. The van der Waals surface area contributed by atoms with Crippen LogP contribution in [0.1, 0.15) is 12.8 Å². The number of nitrogens with zero attached hydrogens (tertiary/aromatic N) is 3. The Hall–Kier alpha value is -0.920. The summed E-state index contributed by atoms with van der Waals surface area (Å²) in [7, 11) is -1.82. The Morgan fingerprint density at radius 3 is 2.94 bits per heavy atom. The first-order valence-corrected chi connectivity index (χ1v) is 6.61. The molecular formula is C9H15N3O3S. The number of hydrogen-bond acceptors (Lipinski definition) is 4. The predicted octanol–water partition coefficient (Wildman–Crippen LogP) is -0.435. The van der Waals surface area contributed by atoms with Crippen molar-refractivity contribution in [3.8, 4) is 0 Å². The molecule has 16 heavy (non-hydrogen) atoms. The van der Waals surface area contributed by atoms with E-state index in [1.165, 1.54) is 21.4 Å². The van der Waals surface area contributed by atoms with Gasteiger partial charge in [-0.3, -0.25) is 4.68 Å². The molecule has 1 N–H and O–H groups in total. The van der Waals surface area contributed by atoms with Gasteiger partial charge in [-0.05, 0) is 12.8 Å². The maximum atomic E-state index is 12.2. The first-order chi connectivity index (χ1) is 7.55. The van der Waals surface area contributed by atoms with Crippen LogP contribution in [-0.4, -0.2) is 46.8 Å². The van der Waals surface area contributed by atoms with Crippen molar-refractivity contribution in [1.29, 1.82) is 0 Å². The molecule has 0 radical (unpaired) electrons. The summed E-state index contributed by atoms with van der Waals surface area (Å²) in [6.07, 6.45) is 4.32. The van der Waals surface area contributed by atoms with E-state index in [1.807, 2.05) is 0 Å². The molecule has 0 spiro atoms. The monoisotopic (exact) mass is 245 g/mol. The third-order valence-electron chi connectivity index (χ3n) is 2.82. The van der Waals surface area contributed by atoms with Crippen LogP contribution in [0.15, 0.2) is 17.3 Å². The Bertz CT molecular complexity index is 468. The average molecular weight is 245 g/mol. The maximum absolute atomic E-state index is 12.2. The molecule has 1 atom stereocenters. The minimum absolute atomic E-state index is 0.126. The van der Waals surface area contributed by atoms with Crippen LogP contribution < -0.4 is 0 Å². The second kappa shape index (κ2) is 4.15. The van der Waals surface area contributed by atoms with E-state index in [4.69, 9.17) is 5.11 Å². The first-order valence-electron chi connectivity index (χ1n) is 5.17. The molecule has 90 valence electrons. The van der Waals surface area contributed by atoms with Gasteiger partial charge in [-0.15, -0.1) is 0 Å². The van der Waals surface area contributed by atoms with Crippen molar-refractivity contribution in [2.24, 2.45) is 7.05 Å². The van der Waals surface area contributed by atoms with E-state index in [2.05, 4.69) is 5.10 Å². The van der Waals surface area contributed by atoms with Gasteiger partial charge < -0.3 is 5.11 Å². The zero-order valence-corrected chi connectivity index (χ0v) is 9.89. The molecule has 0 bridgehead atoms. The number of rotatable bonds is 3. The fourth-order valence-electron chi connectivity index (χ4n) is 1.98. The molecule has 0 aliphatic carbocycles. The lowest BCUT2D eigenvalue weighted by molar-refractivity contribution is 0.213. The molecule has 1 aliphatic rings. The number of hydrogen-bond donors (Lipinski definition) is 1. The summed E-state index contributed by atoms with van der Waals surface area (Å²) in [5.41, 5.74) is 0. The number of aryl methyl sites for hydroxylation is 1. The van der Waals surface area contributed by atoms with E-state index in [-0.39, 0.29) is 17.5 Å². The van der Waals surface area contributed by atoms with Crippen molar-refractivity contribution in [1.82, 2.24) is 14.1 Å². The standard InChI is InChI=1S/C9H15N3O3S/c1-11-6-9(5-10-11)16(14,15)12-4-2-3-8(12)7-13/h5-6,8,13H,2-4,7H2,1H3/t8-/m1/s1. The fraction of sp³-hybridized carbons (Fsp3) is 0.667. The van der Waals surface area contributed by atoms with E-state index in [0.717, 1.165) is 12.8 Å². The summed E-state index contributed by atoms with van der Waals surface area (Å²) in [5.74, 6) is 0. The van der Waals surface area contributed by atoms with Gasteiger partial charge in [0.2, 0.25) is 10.0 Å². The van der Waals surface area contributed by atoms with Crippen LogP contribution in [0.25, 0.3) is 0 Å².